The lowest BCUT2D eigenvalue weighted by molar-refractivity contribution is 0.0515. The molecule has 0 amide bonds. The van der Waals surface area contributed by atoms with Crippen LogP contribution in [0.25, 0.3) is 11.4 Å². The Kier molecular flexibility index (Phi) is 6.74. The molecule has 0 unspecified atom stereocenters. The van der Waals surface area contributed by atoms with E-state index in [0.717, 1.165) is 22.3 Å². The molecule has 1 aliphatic carbocycles. The van der Waals surface area contributed by atoms with Crippen LogP contribution < -0.4 is 4.72 Å². The Morgan fingerprint density at radius 3 is 2.65 bits per heavy atom. The highest BCUT2D eigenvalue weighted by atomic mass is 35.5. The summed E-state index contributed by atoms with van der Waals surface area (Å²) in [4.78, 5) is 22.0. The second kappa shape index (κ2) is 9.99. The van der Waals surface area contributed by atoms with Crippen molar-refractivity contribution in [3.63, 3.8) is 0 Å². The highest BCUT2D eigenvalue weighted by Gasteiger charge is 2.32. The number of sulfonamides is 1. The van der Waals surface area contributed by atoms with Gasteiger partial charge in [-0.3, -0.25) is 0 Å². The molecule has 0 aliphatic heterocycles. The summed E-state index contributed by atoms with van der Waals surface area (Å²) in [6, 6.07) is 16.0. The minimum absolute atomic E-state index is 0.0624. The van der Waals surface area contributed by atoms with E-state index in [1.165, 1.54) is 12.1 Å². The van der Waals surface area contributed by atoms with E-state index >= 15 is 0 Å². The molecule has 0 radical (unpaired) electrons. The molecular weight excluding hydrogens is 512 g/mol. The van der Waals surface area contributed by atoms with Crippen molar-refractivity contribution in [1.29, 1.82) is 0 Å². The molecular formula is C27H25ClN4O4S. The first kappa shape index (κ1) is 25.0. The van der Waals surface area contributed by atoms with E-state index in [-0.39, 0.29) is 23.1 Å². The number of aryl methyl sites for hydroxylation is 2. The largest absolute Gasteiger partial charge is 0.461 e. The van der Waals surface area contributed by atoms with Gasteiger partial charge in [-0.2, -0.15) is 0 Å². The molecule has 0 spiro atoms. The van der Waals surface area contributed by atoms with Gasteiger partial charge in [0.05, 0.1) is 27.9 Å². The first-order valence-corrected chi connectivity index (χ1v) is 13.7. The van der Waals surface area contributed by atoms with Crippen molar-refractivity contribution >= 4 is 33.5 Å². The first-order chi connectivity index (χ1) is 17.8. The molecule has 2 heterocycles. The third kappa shape index (κ3) is 4.84. The lowest BCUT2D eigenvalue weighted by Crippen LogP contribution is -2.18. The molecule has 0 fully saturated rings. The average molecular weight is 537 g/mol. The van der Waals surface area contributed by atoms with Crippen LogP contribution in [-0.2, 0) is 34.1 Å². The number of halogens is 1. The summed E-state index contributed by atoms with van der Waals surface area (Å²) in [5.41, 5.74) is 5.14. The first-order valence-electron chi connectivity index (χ1n) is 11.9. The van der Waals surface area contributed by atoms with Crippen molar-refractivity contribution in [3.8, 4) is 11.4 Å². The van der Waals surface area contributed by atoms with Crippen molar-refractivity contribution < 1.29 is 17.9 Å². The van der Waals surface area contributed by atoms with Gasteiger partial charge >= 0.3 is 5.97 Å². The summed E-state index contributed by atoms with van der Waals surface area (Å²) in [7, 11) is -3.89. The zero-order valence-corrected chi connectivity index (χ0v) is 21.9. The van der Waals surface area contributed by atoms with Crippen LogP contribution in [0.5, 0.6) is 0 Å². The molecule has 2 aromatic carbocycles. The van der Waals surface area contributed by atoms with E-state index in [2.05, 4.69) is 14.7 Å². The molecule has 8 nitrogen and oxygen atoms in total. The van der Waals surface area contributed by atoms with Crippen molar-refractivity contribution in [2.24, 2.45) is 0 Å². The van der Waals surface area contributed by atoms with Crippen LogP contribution in [0.2, 0.25) is 5.02 Å². The molecule has 0 saturated heterocycles. The number of ether oxygens (including phenoxy) is 1. The highest BCUT2D eigenvalue weighted by molar-refractivity contribution is 7.92. The fourth-order valence-corrected chi connectivity index (χ4v) is 5.91. The second-order valence-corrected chi connectivity index (χ2v) is 10.8. The number of nitrogens with zero attached hydrogens (tertiary/aromatic N) is 3. The van der Waals surface area contributed by atoms with E-state index in [0.29, 0.717) is 35.8 Å². The normalized spacial score (nSPS) is 12.5. The third-order valence-electron chi connectivity index (χ3n) is 6.20. The number of nitrogens with one attached hydrogen (secondary N) is 1. The van der Waals surface area contributed by atoms with Gasteiger partial charge in [-0.1, -0.05) is 59.6 Å². The van der Waals surface area contributed by atoms with E-state index in [9.17, 15) is 13.2 Å². The molecule has 4 aromatic rings. The molecule has 1 aliphatic rings. The number of hydrogen-bond donors (Lipinski definition) is 1. The quantitative estimate of drug-likeness (QED) is 0.332. The smallest absolute Gasteiger partial charge is 0.356 e. The Morgan fingerprint density at radius 1 is 1.14 bits per heavy atom. The summed E-state index contributed by atoms with van der Waals surface area (Å²) >= 11 is 6.79. The van der Waals surface area contributed by atoms with Crippen LogP contribution in [0.3, 0.4) is 0 Å². The van der Waals surface area contributed by atoms with Gasteiger partial charge < -0.3 is 9.30 Å². The second-order valence-electron chi connectivity index (χ2n) is 8.77. The minimum Gasteiger partial charge on any atom is -0.461 e. The number of rotatable bonds is 7. The molecule has 190 valence electrons. The third-order valence-corrected chi connectivity index (χ3v) is 7.95. The van der Waals surface area contributed by atoms with Crippen LogP contribution in [0.15, 0.2) is 65.7 Å². The van der Waals surface area contributed by atoms with Crippen molar-refractivity contribution in [2.45, 2.75) is 38.1 Å². The maximum Gasteiger partial charge on any atom is 0.356 e. The van der Waals surface area contributed by atoms with E-state index in [1.807, 2.05) is 35.8 Å². The van der Waals surface area contributed by atoms with Crippen LogP contribution in [0, 0.1) is 6.92 Å². The Labute approximate surface area is 220 Å². The van der Waals surface area contributed by atoms with Gasteiger partial charge in [-0.05, 0) is 55.5 Å². The van der Waals surface area contributed by atoms with Crippen LogP contribution >= 0.6 is 11.6 Å². The predicted octanol–water partition coefficient (Wildman–Crippen LogP) is 5.03. The SMILES string of the molecule is CCOC(=O)c1c(Cl)c2c(n1Cc1cccc(C)c1)-c1nc(NS(=O)(=O)c3ccccc3)ncc1CC2. The van der Waals surface area contributed by atoms with Crippen LogP contribution in [-0.4, -0.2) is 35.5 Å². The maximum atomic E-state index is 13.0. The van der Waals surface area contributed by atoms with Crippen LogP contribution in [0.1, 0.15) is 39.7 Å². The number of anilines is 1. The number of esters is 1. The van der Waals surface area contributed by atoms with Gasteiger partial charge in [-0.15, -0.1) is 0 Å². The molecule has 0 bridgehead atoms. The zero-order valence-electron chi connectivity index (χ0n) is 20.4. The Bertz CT molecular complexity index is 1600. The molecule has 37 heavy (non-hydrogen) atoms. The van der Waals surface area contributed by atoms with Gasteiger partial charge in [0.25, 0.3) is 10.0 Å². The molecule has 0 atom stereocenters. The van der Waals surface area contributed by atoms with Gasteiger partial charge in [0.15, 0.2) is 0 Å². The summed E-state index contributed by atoms with van der Waals surface area (Å²) < 4.78 is 35.4. The fraction of sp³-hybridized carbons (Fsp3) is 0.222. The molecule has 0 saturated carbocycles. The molecule has 5 rings (SSSR count). The Balaban J connectivity index is 1.64. The maximum absolute atomic E-state index is 13.0. The number of carbonyl (C=O) groups excluding carboxylic acids is 1. The topological polar surface area (TPSA) is 103 Å². The number of carbonyl (C=O) groups is 1. The van der Waals surface area contributed by atoms with Gasteiger partial charge in [0.1, 0.15) is 5.69 Å². The van der Waals surface area contributed by atoms with Crippen molar-refractivity contribution in [3.05, 3.63) is 93.8 Å². The number of hydrogen-bond acceptors (Lipinski definition) is 6. The lowest BCUT2D eigenvalue weighted by atomic mass is 9.95. The number of fused-ring (bicyclic) bond motifs is 3. The zero-order chi connectivity index (χ0) is 26.2. The Hall–Kier alpha value is -3.69. The molecule has 2 aromatic heterocycles. The highest BCUT2D eigenvalue weighted by Crippen LogP contribution is 2.41. The minimum atomic E-state index is -3.89. The standard InChI is InChI=1S/C27H25ClN4O4S/c1-3-36-26(33)25-22(28)21-13-12-19-15-29-27(31-37(34,35)20-10-5-4-6-11-20)30-23(19)24(21)32(25)16-18-9-7-8-17(2)14-18/h4-11,14-15H,3,12-13,16H2,1-2H3,(H,29,30,31). The monoisotopic (exact) mass is 536 g/mol. The number of benzene rings is 2. The van der Waals surface area contributed by atoms with Gasteiger partial charge in [0, 0.05) is 12.7 Å². The van der Waals surface area contributed by atoms with E-state index < -0.39 is 16.0 Å². The summed E-state index contributed by atoms with van der Waals surface area (Å²) in [5, 5.41) is 0.330. The predicted molar refractivity (Wildman–Crippen MR) is 141 cm³/mol. The summed E-state index contributed by atoms with van der Waals surface area (Å²) in [6.45, 7) is 4.31. The van der Waals surface area contributed by atoms with Gasteiger partial charge in [-0.25, -0.2) is 27.9 Å². The lowest BCUT2D eigenvalue weighted by Gasteiger charge is -2.20. The molecule has 1 N–H and O–H groups in total. The van der Waals surface area contributed by atoms with E-state index in [1.54, 1.807) is 31.3 Å². The average Bonchev–Trinajstić information content (AvgIpc) is 3.16. The summed E-state index contributed by atoms with van der Waals surface area (Å²) in [5.74, 6) is -0.581. The van der Waals surface area contributed by atoms with E-state index in [4.69, 9.17) is 16.3 Å². The Morgan fingerprint density at radius 2 is 1.92 bits per heavy atom. The number of aromatic nitrogens is 3. The fourth-order valence-electron chi connectivity index (χ4n) is 4.57. The van der Waals surface area contributed by atoms with Crippen molar-refractivity contribution in [1.82, 2.24) is 14.5 Å². The van der Waals surface area contributed by atoms with Gasteiger partial charge in [0.2, 0.25) is 5.95 Å². The summed E-state index contributed by atoms with van der Waals surface area (Å²) in [6.07, 6.45) is 2.81. The van der Waals surface area contributed by atoms with Crippen LogP contribution in [0.4, 0.5) is 5.95 Å². The molecule has 10 heteroatoms. The van der Waals surface area contributed by atoms with Crippen molar-refractivity contribution in [2.75, 3.05) is 11.3 Å².